The zero-order chi connectivity index (χ0) is 14.4. The summed E-state index contributed by atoms with van der Waals surface area (Å²) in [6, 6.07) is 7.57. The molecule has 0 aromatic heterocycles. The first-order valence-electron chi connectivity index (χ1n) is 7.42. The first-order valence-corrected chi connectivity index (χ1v) is 7.42. The molecule has 1 amide bonds. The summed E-state index contributed by atoms with van der Waals surface area (Å²) >= 11 is 0. The van der Waals surface area contributed by atoms with E-state index in [1.807, 2.05) is 29.2 Å². The smallest absolute Gasteiger partial charge is 0.260 e. The van der Waals surface area contributed by atoms with Crippen LogP contribution in [0.3, 0.4) is 0 Å². The number of carbonyl (C=O) groups is 1. The quantitative estimate of drug-likeness (QED) is 0.866. The summed E-state index contributed by atoms with van der Waals surface area (Å²) in [6.45, 7) is 4.60. The number of benzene rings is 1. The molecule has 2 rings (SSSR count). The summed E-state index contributed by atoms with van der Waals surface area (Å²) < 4.78 is 5.54. The Morgan fingerprint density at radius 3 is 2.80 bits per heavy atom. The summed E-state index contributed by atoms with van der Waals surface area (Å²) in [7, 11) is 0. The molecule has 0 saturated carbocycles. The van der Waals surface area contributed by atoms with Gasteiger partial charge in [0.15, 0.2) is 6.61 Å². The van der Waals surface area contributed by atoms with Gasteiger partial charge in [-0.05, 0) is 36.5 Å². The second kappa shape index (κ2) is 7.29. The standard InChI is InChI=1S/C16H24N2O2/c1-2-3-14-8-9-18(11-14)16(19)12-20-15-6-4-13(10-17)5-7-15/h4-7,14H,2-3,8-12,17H2,1H3. The minimum Gasteiger partial charge on any atom is -0.484 e. The Morgan fingerprint density at radius 2 is 2.15 bits per heavy atom. The molecule has 0 radical (unpaired) electrons. The Bertz CT molecular complexity index is 431. The van der Waals surface area contributed by atoms with Gasteiger partial charge in [-0.1, -0.05) is 25.5 Å². The molecule has 4 heteroatoms. The fraction of sp³-hybridized carbons (Fsp3) is 0.562. The summed E-state index contributed by atoms with van der Waals surface area (Å²) in [4.78, 5) is 14.0. The van der Waals surface area contributed by atoms with Crippen LogP contribution in [-0.2, 0) is 11.3 Å². The van der Waals surface area contributed by atoms with E-state index in [1.165, 1.54) is 12.8 Å². The largest absolute Gasteiger partial charge is 0.484 e. The lowest BCUT2D eigenvalue weighted by atomic mass is 10.0. The van der Waals surface area contributed by atoms with E-state index in [4.69, 9.17) is 10.5 Å². The highest BCUT2D eigenvalue weighted by atomic mass is 16.5. The Hall–Kier alpha value is -1.55. The maximum Gasteiger partial charge on any atom is 0.260 e. The highest BCUT2D eigenvalue weighted by molar-refractivity contribution is 5.78. The molecular formula is C16H24N2O2. The van der Waals surface area contributed by atoms with Crippen LogP contribution in [-0.4, -0.2) is 30.5 Å². The molecule has 0 spiro atoms. The van der Waals surface area contributed by atoms with Crippen molar-refractivity contribution in [2.75, 3.05) is 19.7 Å². The van der Waals surface area contributed by atoms with E-state index in [0.29, 0.717) is 12.5 Å². The Balaban J connectivity index is 1.77. The van der Waals surface area contributed by atoms with Crippen molar-refractivity contribution in [2.24, 2.45) is 11.7 Å². The van der Waals surface area contributed by atoms with Gasteiger partial charge in [0, 0.05) is 19.6 Å². The fourth-order valence-corrected chi connectivity index (χ4v) is 2.66. The van der Waals surface area contributed by atoms with Crippen molar-refractivity contribution in [3.05, 3.63) is 29.8 Å². The molecule has 0 aliphatic carbocycles. The highest BCUT2D eigenvalue weighted by Crippen LogP contribution is 2.21. The summed E-state index contributed by atoms with van der Waals surface area (Å²) in [5.41, 5.74) is 6.60. The topological polar surface area (TPSA) is 55.6 Å². The van der Waals surface area contributed by atoms with E-state index in [1.54, 1.807) is 0 Å². The van der Waals surface area contributed by atoms with Gasteiger partial charge in [0.1, 0.15) is 5.75 Å². The predicted molar refractivity (Wildman–Crippen MR) is 79.4 cm³/mol. The monoisotopic (exact) mass is 276 g/mol. The van der Waals surface area contributed by atoms with Crippen molar-refractivity contribution >= 4 is 5.91 Å². The number of likely N-dealkylation sites (tertiary alicyclic amines) is 1. The number of nitrogens with zero attached hydrogens (tertiary/aromatic N) is 1. The van der Waals surface area contributed by atoms with Crippen molar-refractivity contribution < 1.29 is 9.53 Å². The van der Waals surface area contributed by atoms with Gasteiger partial charge in [0.25, 0.3) is 5.91 Å². The predicted octanol–water partition coefficient (Wildman–Crippen LogP) is 2.17. The Morgan fingerprint density at radius 1 is 1.40 bits per heavy atom. The minimum absolute atomic E-state index is 0.0894. The molecule has 1 unspecified atom stereocenters. The van der Waals surface area contributed by atoms with E-state index in [0.717, 1.165) is 30.8 Å². The lowest BCUT2D eigenvalue weighted by Crippen LogP contribution is -2.33. The second-order valence-electron chi connectivity index (χ2n) is 5.42. The van der Waals surface area contributed by atoms with Gasteiger partial charge in [-0.25, -0.2) is 0 Å². The number of ether oxygens (including phenoxy) is 1. The fourth-order valence-electron chi connectivity index (χ4n) is 2.66. The number of amides is 1. The zero-order valence-electron chi connectivity index (χ0n) is 12.2. The number of rotatable bonds is 6. The first-order chi connectivity index (χ1) is 9.72. The van der Waals surface area contributed by atoms with Crippen LogP contribution in [0.4, 0.5) is 0 Å². The van der Waals surface area contributed by atoms with Crippen LogP contribution >= 0.6 is 0 Å². The third-order valence-electron chi connectivity index (χ3n) is 3.86. The maximum atomic E-state index is 12.1. The number of hydrogen-bond donors (Lipinski definition) is 1. The average Bonchev–Trinajstić information content (AvgIpc) is 2.94. The number of hydrogen-bond acceptors (Lipinski definition) is 3. The van der Waals surface area contributed by atoms with E-state index in [2.05, 4.69) is 6.92 Å². The van der Waals surface area contributed by atoms with Crippen LogP contribution < -0.4 is 10.5 Å². The molecule has 0 bridgehead atoms. The van der Waals surface area contributed by atoms with Crippen LogP contribution in [0.25, 0.3) is 0 Å². The van der Waals surface area contributed by atoms with Gasteiger partial charge in [0.05, 0.1) is 0 Å². The van der Waals surface area contributed by atoms with Gasteiger partial charge < -0.3 is 15.4 Å². The minimum atomic E-state index is 0.0894. The highest BCUT2D eigenvalue weighted by Gasteiger charge is 2.25. The molecule has 1 aromatic carbocycles. The van der Waals surface area contributed by atoms with E-state index < -0.39 is 0 Å². The van der Waals surface area contributed by atoms with E-state index in [-0.39, 0.29) is 12.5 Å². The molecule has 110 valence electrons. The summed E-state index contributed by atoms with van der Waals surface area (Å²) in [5, 5.41) is 0. The molecule has 1 aliphatic heterocycles. The lowest BCUT2D eigenvalue weighted by molar-refractivity contribution is -0.132. The van der Waals surface area contributed by atoms with E-state index >= 15 is 0 Å². The molecule has 2 N–H and O–H groups in total. The number of nitrogens with two attached hydrogens (primary N) is 1. The molecule has 1 heterocycles. The van der Waals surface area contributed by atoms with Crippen molar-refractivity contribution in [2.45, 2.75) is 32.7 Å². The number of carbonyl (C=O) groups excluding carboxylic acids is 1. The van der Waals surface area contributed by atoms with Crippen LogP contribution in [0.5, 0.6) is 5.75 Å². The van der Waals surface area contributed by atoms with Gasteiger partial charge in [-0.3, -0.25) is 4.79 Å². The molecule has 1 aromatic rings. The van der Waals surface area contributed by atoms with Gasteiger partial charge in [-0.15, -0.1) is 0 Å². The average molecular weight is 276 g/mol. The Kier molecular flexibility index (Phi) is 5.41. The second-order valence-corrected chi connectivity index (χ2v) is 5.42. The van der Waals surface area contributed by atoms with Crippen molar-refractivity contribution in [1.29, 1.82) is 0 Å². The molecular weight excluding hydrogens is 252 g/mol. The molecule has 20 heavy (non-hydrogen) atoms. The van der Waals surface area contributed by atoms with Crippen LogP contribution in [0.1, 0.15) is 31.7 Å². The third kappa shape index (κ3) is 3.97. The van der Waals surface area contributed by atoms with Crippen molar-refractivity contribution in [3.8, 4) is 5.75 Å². The SMILES string of the molecule is CCCC1CCN(C(=O)COc2ccc(CN)cc2)C1. The molecule has 4 nitrogen and oxygen atoms in total. The van der Waals surface area contributed by atoms with Crippen LogP contribution in [0.2, 0.25) is 0 Å². The van der Waals surface area contributed by atoms with Crippen LogP contribution in [0, 0.1) is 5.92 Å². The molecule has 1 atom stereocenters. The summed E-state index contributed by atoms with van der Waals surface area (Å²) in [6.07, 6.45) is 3.53. The lowest BCUT2D eigenvalue weighted by Gasteiger charge is -2.17. The Labute approximate surface area is 120 Å². The molecule has 1 saturated heterocycles. The first kappa shape index (κ1) is 14.9. The molecule has 1 fully saturated rings. The third-order valence-corrected chi connectivity index (χ3v) is 3.86. The normalized spacial score (nSPS) is 18.3. The zero-order valence-corrected chi connectivity index (χ0v) is 12.2. The van der Waals surface area contributed by atoms with Gasteiger partial charge in [-0.2, -0.15) is 0 Å². The summed E-state index contributed by atoms with van der Waals surface area (Å²) in [5.74, 6) is 1.49. The van der Waals surface area contributed by atoms with E-state index in [9.17, 15) is 4.79 Å². The molecule has 1 aliphatic rings. The maximum absolute atomic E-state index is 12.1. The van der Waals surface area contributed by atoms with Crippen LogP contribution in [0.15, 0.2) is 24.3 Å². The van der Waals surface area contributed by atoms with Crippen molar-refractivity contribution in [3.63, 3.8) is 0 Å². The van der Waals surface area contributed by atoms with Gasteiger partial charge in [0.2, 0.25) is 0 Å². The van der Waals surface area contributed by atoms with Crippen molar-refractivity contribution in [1.82, 2.24) is 4.90 Å². The van der Waals surface area contributed by atoms with Gasteiger partial charge >= 0.3 is 0 Å².